The van der Waals surface area contributed by atoms with Gasteiger partial charge >= 0.3 is 24.5 Å². The van der Waals surface area contributed by atoms with Crippen molar-refractivity contribution in [2.45, 2.75) is 31.3 Å². The van der Waals surface area contributed by atoms with Crippen LogP contribution in [0.15, 0.2) is 24.4 Å². The van der Waals surface area contributed by atoms with Gasteiger partial charge in [-0.15, -0.1) is 0 Å². The van der Waals surface area contributed by atoms with Crippen molar-refractivity contribution in [2.24, 2.45) is 5.92 Å². The maximum Gasteiger partial charge on any atom is 0.434 e. The summed E-state index contributed by atoms with van der Waals surface area (Å²) in [7, 11) is 0. The molecule has 32 heavy (non-hydrogen) atoms. The number of hydrogen-bond donors (Lipinski definition) is 3. The molecular weight excluding hydrogens is 448 g/mol. The average molecular weight is 467 g/mol. The molecule has 3 N–H and O–H groups in total. The van der Waals surface area contributed by atoms with E-state index in [1.54, 1.807) is 24.4 Å². The van der Waals surface area contributed by atoms with Gasteiger partial charge in [0.2, 0.25) is 0 Å². The monoisotopic (exact) mass is 467 g/mol. The number of nitrogens with zero attached hydrogens (tertiary/aromatic N) is 2. The number of fused-ring (bicyclic) bond motifs is 1. The molecule has 1 fully saturated rings. The van der Waals surface area contributed by atoms with Gasteiger partial charge in [0.1, 0.15) is 0 Å². The minimum absolute atomic E-state index is 0.0915. The SMILES string of the molecule is O=C(NCC1CCN(C(=O)OC(C(F)(F)F)C(F)(F)F)CC1)Nc1ccc2cn[nH]c2c1. The minimum Gasteiger partial charge on any atom is -0.426 e. The lowest BCUT2D eigenvalue weighted by molar-refractivity contribution is -0.308. The second-order valence-corrected chi connectivity index (χ2v) is 7.28. The quantitative estimate of drug-likeness (QED) is 0.592. The Morgan fingerprint density at radius 2 is 1.81 bits per heavy atom. The van der Waals surface area contributed by atoms with E-state index in [1.165, 1.54) is 0 Å². The zero-order valence-electron chi connectivity index (χ0n) is 16.4. The summed E-state index contributed by atoms with van der Waals surface area (Å²) in [5, 5.41) is 12.8. The first kappa shape index (κ1) is 23.5. The Morgan fingerprint density at radius 3 is 2.44 bits per heavy atom. The van der Waals surface area contributed by atoms with Gasteiger partial charge in [0.05, 0.1) is 11.7 Å². The van der Waals surface area contributed by atoms with Crippen molar-refractivity contribution in [1.29, 1.82) is 0 Å². The number of H-pyrrole nitrogens is 1. The van der Waals surface area contributed by atoms with Crippen molar-refractivity contribution in [1.82, 2.24) is 20.4 Å². The molecule has 176 valence electrons. The molecule has 3 rings (SSSR count). The fourth-order valence-corrected chi connectivity index (χ4v) is 3.24. The summed E-state index contributed by atoms with van der Waals surface area (Å²) in [4.78, 5) is 24.6. The Bertz CT molecular complexity index is 938. The second-order valence-electron chi connectivity index (χ2n) is 7.28. The van der Waals surface area contributed by atoms with Crippen molar-refractivity contribution >= 4 is 28.7 Å². The van der Waals surface area contributed by atoms with E-state index in [9.17, 15) is 35.9 Å². The fraction of sp³-hybridized carbons (Fsp3) is 0.500. The third-order valence-corrected chi connectivity index (χ3v) is 4.94. The molecule has 2 heterocycles. The molecular formula is C18H19F6N5O3. The van der Waals surface area contributed by atoms with Crippen LogP contribution in [0.1, 0.15) is 12.8 Å². The van der Waals surface area contributed by atoms with Gasteiger partial charge in [-0.1, -0.05) is 0 Å². The molecule has 0 bridgehead atoms. The normalized spacial score (nSPS) is 15.8. The van der Waals surface area contributed by atoms with Gasteiger partial charge in [-0.2, -0.15) is 31.4 Å². The van der Waals surface area contributed by atoms with Crippen LogP contribution in [0.4, 0.5) is 41.6 Å². The number of aromatic nitrogens is 2. The Hall–Kier alpha value is -3.19. The molecule has 0 radical (unpaired) electrons. The molecule has 1 saturated heterocycles. The number of aromatic amines is 1. The number of urea groups is 1. The largest absolute Gasteiger partial charge is 0.434 e. The van der Waals surface area contributed by atoms with E-state index in [2.05, 4.69) is 25.6 Å². The highest BCUT2D eigenvalue weighted by molar-refractivity contribution is 5.92. The molecule has 8 nitrogen and oxygen atoms in total. The van der Waals surface area contributed by atoms with Crippen molar-refractivity contribution in [3.8, 4) is 0 Å². The number of likely N-dealkylation sites (tertiary alicyclic amines) is 1. The summed E-state index contributed by atoms with van der Waals surface area (Å²) in [6.45, 7) is 0.0339. The van der Waals surface area contributed by atoms with Crippen LogP contribution >= 0.6 is 0 Å². The number of piperidine rings is 1. The number of rotatable bonds is 4. The summed E-state index contributed by atoms with van der Waals surface area (Å²) in [6.07, 6.45) is -15.2. The van der Waals surface area contributed by atoms with Gasteiger partial charge in [-0.3, -0.25) is 5.10 Å². The number of benzene rings is 1. The van der Waals surface area contributed by atoms with Crippen LogP contribution in [0.2, 0.25) is 0 Å². The van der Waals surface area contributed by atoms with Crippen molar-refractivity contribution in [3.05, 3.63) is 24.4 Å². The van der Waals surface area contributed by atoms with Gasteiger partial charge in [0, 0.05) is 30.7 Å². The molecule has 2 aromatic rings. The Morgan fingerprint density at radius 1 is 1.16 bits per heavy atom. The molecule has 1 aliphatic heterocycles. The molecule has 0 aliphatic carbocycles. The van der Waals surface area contributed by atoms with Crippen LogP contribution in [0.3, 0.4) is 0 Å². The number of anilines is 1. The van der Waals surface area contributed by atoms with E-state index < -0.39 is 30.6 Å². The summed E-state index contributed by atoms with van der Waals surface area (Å²) in [5.41, 5.74) is 1.26. The first-order valence-electron chi connectivity index (χ1n) is 9.50. The number of nitrogens with one attached hydrogen (secondary N) is 3. The topological polar surface area (TPSA) is 99.3 Å². The number of alkyl halides is 6. The smallest absolute Gasteiger partial charge is 0.426 e. The molecule has 0 saturated carbocycles. The van der Waals surface area contributed by atoms with Gasteiger partial charge < -0.3 is 20.3 Å². The highest BCUT2D eigenvalue weighted by Crippen LogP contribution is 2.36. The third-order valence-electron chi connectivity index (χ3n) is 4.94. The number of carbonyl (C=O) groups excluding carboxylic acids is 2. The van der Waals surface area contributed by atoms with E-state index in [0.29, 0.717) is 5.69 Å². The van der Waals surface area contributed by atoms with E-state index >= 15 is 0 Å². The predicted molar refractivity (Wildman–Crippen MR) is 99.8 cm³/mol. The number of amides is 3. The average Bonchev–Trinajstić information content (AvgIpc) is 3.17. The van der Waals surface area contributed by atoms with Gasteiger partial charge in [0.15, 0.2) is 0 Å². The zero-order chi connectivity index (χ0) is 23.5. The number of hydrogen-bond acceptors (Lipinski definition) is 4. The fourth-order valence-electron chi connectivity index (χ4n) is 3.24. The standard InChI is InChI=1S/C18H19F6N5O3/c19-17(20,21)14(18(22,23)24)32-16(31)29-5-3-10(4-6-29)8-25-15(30)27-12-2-1-11-9-26-28-13(11)7-12/h1-2,7,9-10,14H,3-6,8H2,(H,26,28)(H2,25,27,30). The number of ether oxygens (including phenoxy) is 1. The second kappa shape index (κ2) is 9.12. The van der Waals surface area contributed by atoms with Gasteiger partial charge in [-0.05, 0) is 37.0 Å². The molecule has 3 amide bonds. The van der Waals surface area contributed by atoms with Crippen LogP contribution in [0.5, 0.6) is 0 Å². The maximum atomic E-state index is 12.5. The maximum absolute atomic E-state index is 12.5. The van der Waals surface area contributed by atoms with E-state index in [-0.39, 0.29) is 38.4 Å². The van der Waals surface area contributed by atoms with E-state index in [4.69, 9.17) is 0 Å². The first-order valence-corrected chi connectivity index (χ1v) is 9.50. The van der Waals surface area contributed by atoms with Crippen LogP contribution < -0.4 is 10.6 Å². The molecule has 0 atom stereocenters. The number of halogens is 6. The Labute approximate surface area is 177 Å². The molecule has 1 aromatic carbocycles. The van der Waals surface area contributed by atoms with Crippen LogP contribution in [0, 0.1) is 5.92 Å². The number of carbonyl (C=O) groups is 2. The van der Waals surface area contributed by atoms with Crippen LogP contribution in [-0.2, 0) is 4.74 Å². The predicted octanol–water partition coefficient (Wildman–Crippen LogP) is 4.03. The van der Waals surface area contributed by atoms with Crippen molar-refractivity contribution < 1.29 is 40.7 Å². The first-order chi connectivity index (χ1) is 14.9. The lowest BCUT2D eigenvalue weighted by Gasteiger charge is -2.33. The minimum atomic E-state index is -5.76. The van der Waals surface area contributed by atoms with E-state index in [0.717, 1.165) is 15.8 Å². The zero-order valence-corrected chi connectivity index (χ0v) is 16.4. The summed E-state index contributed by atoms with van der Waals surface area (Å²) in [5.74, 6) is -0.110. The van der Waals surface area contributed by atoms with E-state index in [1.807, 2.05) is 0 Å². The molecule has 1 aromatic heterocycles. The molecule has 14 heteroatoms. The van der Waals surface area contributed by atoms with Crippen LogP contribution in [0.25, 0.3) is 10.9 Å². The summed E-state index contributed by atoms with van der Waals surface area (Å²) < 4.78 is 78.9. The molecule has 0 spiro atoms. The van der Waals surface area contributed by atoms with Crippen molar-refractivity contribution in [2.75, 3.05) is 25.0 Å². The van der Waals surface area contributed by atoms with Gasteiger partial charge in [-0.25, -0.2) is 9.59 Å². The highest BCUT2D eigenvalue weighted by atomic mass is 19.4. The Balaban J connectivity index is 1.43. The summed E-state index contributed by atoms with van der Waals surface area (Å²) in [6, 6.07) is 4.67. The lowest BCUT2D eigenvalue weighted by atomic mass is 9.97. The highest BCUT2D eigenvalue weighted by Gasteiger charge is 2.60. The Kier molecular flexibility index (Phi) is 6.69. The molecule has 1 aliphatic rings. The van der Waals surface area contributed by atoms with Crippen molar-refractivity contribution in [3.63, 3.8) is 0 Å². The van der Waals surface area contributed by atoms with Gasteiger partial charge in [0.25, 0.3) is 6.10 Å². The lowest BCUT2D eigenvalue weighted by Crippen LogP contribution is -2.49. The summed E-state index contributed by atoms with van der Waals surface area (Å²) >= 11 is 0. The third kappa shape index (κ3) is 5.95. The van der Waals surface area contributed by atoms with Crippen LogP contribution in [-0.4, -0.2) is 65.3 Å². The molecule has 0 unspecified atom stereocenters.